The van der Waals surface area contributed by atoms with Gasteiger partial charge in [-0.25, -0.2) is 0 Å². The maximum atomic E-state index is 11.7. The number of carbonyl (C=O) groups excluding carboxylic acids is 1. The molecule has 4 nitrogen and oxygen atoms in total. The number of nitrogens with zero attached hydrogens (tertiary/aromatic N) is 1. The summed E-state index contributed by atoms with van der Waals surface area (Å²) < 4.78 is 5.06. The highest BCUT2D eigenvalue weighted by Crippen LogP contribution is 2.03. The van der Waals surface area contributed by atoms with Crippen LogP contribution in [0, 0.1) is 5.92 Å². The first-order valence-electron chi connectivity index (χ1n) is 6.63. The number of carbonyl (C=O) groups is 1. The summed E-state index contributed by atoms with van der Waals surface area (Å²) in [4.78, 5) is 13.9. The summed E-state index contributed by atoms with van der Waals surface area (Å²) in [6, 6.07) is -0.214. The lowest BCUT2D eigenvalue weighted by Gasteiger charge is -2.25. The number of rotatable bonds is 9. The Balaban J connectivity index is 4.18. The molecule has 2 atom stereocenters. The lowest BCUT2D eigenvalue weighted by atomic mass is 10.1. The summed E-state index contributed by atoms with van der Waals surface area (Å²) in [7, 11) is 2.05. The topological polar surface area (TPSA) is 41.6 Å². The average Bonchev–Trinajstić information content (AvgIpc) is 2.28. The van der Waals surface area contributed by atoms with Gasteiger partial charge < -0.3 is 15.0 Å². The van der Waals surface area contributed by atoms with E-state index in [-0.39, 0.29) is 12.0 Å². The van der Waals surface area contributed by atoms with Crippen molar-refractivity contribution >= 4 is 5.97 Å². The monoisotopic (exact) mass is 244 g/mol. The summed E-state index contributed by atoms with van der Waals surface area (Å²) in [5.41, 5.74) is 0. The van der Waals surface area contributed by atoms with Gasteiger partial charge in [-0.1, -0.05) is 27.2 Å². The van der Waals surface area contributed by atoms with Crippen LogP contribution in [0.2, 0.25) is 0 Å². The molecule has 0 amide bonds. The Hall–Kier alpha value is -0.610. The molecule has 102 valence electrons. The minimum absolute atomic E-state index is 0.148. The molecule has 0 saturated heterocycles. The highest BCUT2D eigenvalue weighted by molar-refractivity contribution is 5.76. The number of nitrogens with one attached hydrogen (secondary N) is 1. The molecule has 1 N–H and O–H groups in total. The molecule has 0 aromatic heterocycles. The first-order chi connectivity index (χ1) is 8.04. The highest BCUT2D eigenvalue weighted by atomic mass is 16.5. The van der Waals surface area contributed by atoms with Gasteiger partial charge in [-0.2, -0.15) is 0 Å². The van der Waals surface area contributed by atoms with Crippen molar-refractivity contribution in [3.63, 3.8) is 0 Å². The van der Waals surface area contributed by atoms with Crippen LogP contribution in [0.4, 0.5) is 0 Å². The maximum Gasteiger partial charge on any atom is 0.324 e. The lowest BCUT2D eigenvalue weighted by Crippen LogP contribution is -2.46. The molecule has 0 heterocycles. The Morgan fingerprint density at radius 1 is 1.29 bits per heavy atom. The van der Waals surface area contributed by atoms with Gasteiger partial charge in [0.2, 0.25) is 0 Å². The normalized spacial score (nSPS) is 14.7. The molecule has 0 saturated carbocycles. The van der Waals surface area contributed by atoms with Gasteiger partial charge in [-0.05, 0) is 26.4 Å². The van der Waals surface area contributed by atoms with Crippen LogP contribution < -0.4 is 5.32 Å². The van der Waals surface area contributed by atoms with Crippen LogP contribution in [0.3, 0.4) is 0 Å². The standard InChI is InChI=1S/C13H28N2O2/c1-6-11(4)9-15(5)10-12(14-7-2)13(16)17-8-3/h11-12,14H,6-10H2,1-5H3. The fourth-order valence-corrected chi connectivity index (χ4v) is 1.76. The molecule has 0 aliphatic carbocycles. The van der Waals surface area contributed by atoms with E-state index in [1.165, 1.54) is 0 Å². The van der Waals surface area contributed by atoms with Crippen LogP contribution in [0.5, 0.6) is 0 Å². The third kappa shape index (κ3) is 7.34. The summed E-state index contributed by atoms with van der Waals surface area (Å²) >= 11 is 0. The van der Waals surface area contributed by atoms with Crippen molar-refractivity contribution in [1.82, 2.24) is 10.2 Å². The molecule has 0 bridgehead atoms. The summed E-state index contributed by atoms with van der Waals surface area (Å²) in [5.74, 6) is 0.509. The first-order valence-corrected chi connectivity index (χ1v) is 6.63. The molecule has 0 aliphatic heterocycles. The van der Waals surface area contributed by atoms with E-state index < -0.39 is 0 Å². The minimum atomic E-state index is -0.214. The van der Waals surface area contributed by atoms with E-state index in [0.717, 1.165) is 19.5 Å². The first kappa shape index (κ1) is 16.4. The predicted octanol–water partition coefficient (Wildman–Crippen LogP) is 1.51. The SMILES string of the molecule is CCNC(CN(C)CC(C)CC)C(=O)OCC. The fourth-order valence-electron chi connectivity index (χ4n) is 1.76. The number of esters is 1. The van der Waals surface area contributed by atoms with Crippen LogP contribution in [0.1, 0.15) is 34.1 Å². The quantitative estimate of drug-likeness (QED) is 0.624. The van der Waals surface area contributed by atoms with Crippen molar-refractivity contribution < 1.29 is 9.53 Å². The average molecular weight is 244 g/mol. The molecule has 0 spiro atoms. The Bertz CT molecular complexity index is 210. The van der Waals surface area contributed by atoms with Crippen molar-refractivity contribution in [2.24, 2.45) is 5.92 Å². The van der Waals surface area contributed by atoms with E-state index in [4.69, 9.17) is 4.74 Å². The highest BCUT2D eigenvalue weighted by Gasteiger charge is 2.20. The Morgan fingerprint density at radius 2 is 1.94 bits per heavy atom. The largest absolute Gasteiger partial charge is 0.465 e. The Kier molecular flexibility index (Phi) is 9.09. The van der Waals surface area contributed by atoms with Crippen molar-refractivity contribution in [3.05, 3.63) is 0 Å². The van der Waals surface area contributed by atoms with Gasteiger partial charge in [0.1, 0.15) is 6.04 Å². The van der Waals surface area contributed by atoms with Gasteiger partial charge in [0, 0.05) is 13.1 Å². The third-order valence-electron chi connectivity index (χ3n) is 2.84. The smallest absolute Gasteiger partial charge is 0.324 e. The van der Waals surface area contributed by atoms with Crippen LogP contribution in [0.15, 0.2) is 0 Å². The Labute approximate surface area is 106 Å². The summed E-state index contributed by atoms with van der Waals surface area (Å²) in [6.07, 6.45) is 1.16. The van der Waals surface area contributed by atoms with Gasteiger partial charge in [-0.15, -0.1) is 0 Å². The molecule has 0 aromatic rings. The van der Waals surface area contributed by atoms with E-state index >= 15 is 0 Å². The van der Waals surface area contributed by atoms with Crippen molar-refractivity contribution in [2.75, 3.05) is 33.3 Å². The minimum Gasteiger partial charge on any atom is -0.465 e. The zero-order valence-corrected chi connectivity index (χ0v) is 12.0. The third-order valence-corrected chi connectivity index (χ3v) is 2.84. The second-order valence-electron chi connectivity index (χ2n) is 4.60. The number of hydrogen-bond acceptors (Lipinski definition) is 4. The van der Waals surface area contributed by atoms with Gasteiger partial charge >= 0.3 is 5.97 Å². The molecule has 0 radical (unpaired) electrons. The van der Waals surface area contributed by atoms with Crippen LogP contribution in [-0.2, 0) is 9.53 Å². The molecule has 4 heteroatoms. The van der Waals surface area contributed by atoms with Crippen LogP contribution in [-0.4, -0.2) is 50.2 Å². The Morgan fingerprint density at radius 3 is 2.41 bits per heavy atom. The number of likely N-dealkylation sites (N-methyl/N-ethyl adjacent to an activating group) is 2. The summed E-state index contributed by atoms with van der Waals surface area (Å²) in [6.45, 7) is 11.2. The molecular formula is C13H28N2O2. The molecule has 17 heavy (non-hydrogen) atoms. The van der Waals surface area contributed by atoms with Crippen LogP contribution in [0.25, 0.3) is 0 Å². The second-order valence-corrected chi connectivity index (χ2v) is 4.60. The molecular weight excluding hydrogens is 216 g/mol. The van der Waals surface area contributed by atoms with E-state index in [1.54, 1.807) is 0 Å². The summed E-state index contributed by atoms with van der Waals surface area (Å²) in [5, 5.41) is 3.17. The fraction of sp³-hybridized carbons (Fsp3) is 0.923. The molecule has 0 fully saturated rings. The number of hydrogen-bond donors (Lipinski definition) is 1. The maximum absolute atomic E-state index is 11.7. The van der Waals surface area contributed by atoms with E-state index in [1.807, 2.05) is 13.8 Å². The van der Waals surface area contributed by atoms with Crippen LogP contribution >= 0.6 is 0 Å². The second kappa shape index (κ2) is 9.42. The van der Waals surface area contributed by atoms with Gasteiger partial charge in [0.25, 0.3) is 0 Å². The number of ether oxygens (including phenoxy) is 1. The van der Waals surface area contributed by atoms with Gasteiger partial charge in [0.15, 0.2) is 0 Å². The van der Waals surface area contributed by atoms with Crippen molar-refractivity contribution in [2.45, 2.75) is 40.2 Å². The van der Waals surface area contributed by atoms with Crippen molar-refractivity contribution in [1.29, 1.82) is 0 Å². The zero-order valence-electron chi connectivity index (χ0n) is 12.0. The zero-order chi connectivity index (χ0) is 13.3. The molecule has 0 aliphatic rings. The molecule has 0 rings (SSSR count). The van der Waals surface area contributed by atoms with Gasteiger partial charge in [0.05, 0.1) is 6.61 Å². The van der Waals surface area contributed by atoms with Crippen molar-refractivity contribution in [3.8, 4) is 0 Å². The van der Waals surface area contributed by atoms with Gasteiger partial charge in [-0.3, -0.25) is 4.79 Å². The van der Waals surface area contributed by atoms with E-state index in [9.17, 15) is 4.79 Å². The predicted molar refractivity (Wildman–Crippen MR) is 71.0 cm³/mol. The molecule has 2 unspecified atom stereocenters. The molecule has 0 aromatic carbocycles. The van der Waals surface area contributed by atoms with E-state index in [0.29, 0.717) is 19.1 Å². The lowest BCUT2D eigenvalue weighted by molar-refractivity contribution is -0.146. The van der Waals surface area contributed by atoms with E-state index in [2.05, 4.69) is 31.1 Å².